The molecule has 0 atom stereocenters. The molecule has 1 saturated heterocycles. The molecule has 1 aromatic rings. The standard InChI is InChI=1S/C12H16BrN3O2/c13-10-1-3-14-11(9-10)15-12(17)2-4-16-5-7-18-8-6-16/h1,3,9H,2,4-8H2,(H,14,15,17). The summed E-state index contributed by atoms with van der Waals surface area (Å²) in [6, 6.07) is 3.61. The van der Waals surface area contributed by atoms with Gasteiger partial charge in [0.2, 0.25) is 5.91 Å². The zero-order valence-electron chi connectivity index (χ0n) is 10.1. The van der Waals surface area contributed by atoms with Crippen LogP contribution in [0.2, 0.25) is 0 Å². The Labute approximate surface area is 115 Å². The number of carbonyl (C=O) groups is 1. The highest BCUT2D eigenvalue weighted by Crippen LogP contribution is 2.12. The van der Waals surface area contributed by atoms with E-state index in [-0.39, 0.29) is 5.91 Å². The molecule has 1 fully saturated rings. The molecule has 0 saturated carbocycles. The van der Waals surface area contributed by atoms with E-state index in [0.717, 1.165) is 37.3 Å². The quantitative estimate of drug-likeness (QED) is 0.915. The highest BCUT2D eigenvalue weighted by Gasteiger charge is 2.12. The predicted octanol–water partition coefficient (Wildman–Crippen LogP) is 1.50. The molecule has 0 spiro atoms. The van der Waals surface area contributed by atoms with E-state index in [0.29, 0.717) is 12.2 Å². The molecule has 6 heteroatoms. The van der Waals surface area contributed by atoms with Crippen molar-refractivity contribution < 1.29 is 9.53 Å². The Balaban J connectivity index is 1.74. The highest BCUT2D eigenvalue weighted by atomic mass is 79.9. The zero-order chi connectivity index (χ0) is 12.8. The molecule has 0 aromatic carbocycles. The van der Waals surface area contributed by atoms with Crippen LogP contribution in [0.15, 0.2) is 22.8 Å². The lowest BCUT2D eigenvalue weighted by molar-refractivity contribution is -0.116. The van der Waals surface area contributed by atoms with Crippen molar-refractivity contribution in [1.29, 1.82) is 0 Å². The lowest BCUT2D eigenvalue weighted by atomic mass is 10.3. The number of morpholine rings is 1. The maximum atomic E-state index is 11.7. The number of amides is 1. The average molecular weight is 314 g/mol. The van der Waals surface area contributed by atoms with Crippen LogP contribution in [-0.4, -0.2) is 48.6 Å². The minimum atomic E-state index is -0.00732. The maximum absolute atomic E-state index is 11.7. The van der Waals surface area contributed by atoms with Gasteiger partial charge >= 0.3 is 0 Å². The first kappa shape index (κ1) is 13.5. The van der Waals surface area contributed by atoms with E-state index < -0.39 is 0 Å². The van der Waals surface area contributed by atoms with Crippen LogP contribution >= 0.6 is 15.9 Å². The summed E-state index contributed by atoms with van der Waals surface area (Å²) in [6.45, 7) is 4.09. The van der Waals surface area contributed by atoms with E-state index in [1.54, 1.807) is 12.3 Å². The van der Waals surface area contributed by atoms with Crippen molar-refractivity contribution in [2.45, 2.75) is 6.42 Å². The topological polar surface area (TPSA) is 54.5 Å². The van der Waals surface area contributed by atoms with Crippen LogP contribution in [0, 0.1) is 0 Å². The summed E-state index contributed by atoms with van der Waals surface area (Å²) in [4.78, 5) is 18.1. The van der Waals surface area contributed by atoms with Crippen LogP contribution in [0.5, 0.6) is 0 Å². The first-order valence-electron chi connectivity index (χ1n) is 5.95. The van der Waals surface area contributed by atoms with Crippen LogP contribution < -0.4 is 5.32 Å². The number of hydrogen-bond acceptors (Lipinski definition) is 4. The minimum absolute atomic E-state index is 0.00732. The van der Waals surface area contributed by atoms with Gasteiger partial charge in [-0.3, -0.25) is 9.69 Å². The van der Waals surface area contributed by atoms with Crippen molar-refractivity contribution in [3.05, 3.63) is 22.8 Å². The molecule has 1 aliphatic rings. The van der Waals surface area contributed by atoms with Crippen molar-refractivity contribution in [2.75, 3.05) is 38.2 Å². The van der Waals surface area contributed by atoms with Crippen LogP contribution in [0.25, 0.3) is 0 Å². The number of anilines is 1. The normalized spacial score (nSPS) is 16.5. The fourth-order valence-corrected chi connectivity index (χ4v) is 2.10. The lowest BCUT2D eigenvalue weighted by Crippen LogP contribution is -2.38. The summed E-state index contributed by atoms with van der Waals surface area (Å²) < 4.78 is 6.16. The van der Waals surface area contributed by atoms with E-state index in [1.165, 1.54) is 0 Å². The number of nitrogens with zero attached hydrogens (tertiary/aromatic N) is 2. The Morgan fingerprint density at radius 2 is 2.28 bits per heavy atom. The smallest absolute Gasteiger partial charge is 0.226 e. The molecule has 0 radical (unpaired) electrons. The Morgan fingerprint density at radius 3 is 3.00 bits per heavy atom. The summed E-state index contributed by atoms with van der Waals surface area (Å²) in [5.74, 6) is 0.573. The molecule has 2 rings (SSSR count). The predicted molar refractivity (Wildman–Crippen MR) is 72.4 cm³/mol. The van der Waals surface area contributed by atoms with E-state index >= 15 is 0 Å². The van der Waals surface area contributed by atoms with E-state index in [2.05, 4.69) is 31.1 Å². The molecule has 1 N–H and O–H groups in total. The largest absolute Gasteiger partial charge is 0.379 e. The second kappa shape index (κ2) is 6.82. The first-order chi connectivity index (χ1) is 8.74. The highest BCUT2D eigenvalue weighted by molar-refractivity contribution is 9.10. The van der Waals surface area contributed by atoms with Gasteiger partial charge in [-0.2, -0.15) is 0 Å². The summed E-state index contributed by atoms with van der Waals surface area (Å²) in [5, 5.41) is 2.78. The molecule has 2 heterocycles. The van der Waals surface area contributed by atoms with Gasteiger partial charge in [0.25, 0.3) is 0 Å². The summed E-state index contributed by atoms with van der Waals surface area (Å²) in [7, 11) is 0. The molecular formula is C12H16BrN3O2. The van der Waals surface area contributed by atoms with Crippen molar-refractivity contribution in [2.24, 2.45) is 0 Å². The second-order valence-corrected chi connectivity index (χ2v) is 5.03. The molecule has 1 amide bonds. The van der Waals surface area contributed by atoms with Crippen molar-refractivity contribution >= 4 is 27.7 Å². The summed E-state index contributed by atoms with van der Waals surface area (Å²) in [6.07, 6.45) is 2.13. The molecule has 1 aromatic heterocycles. The van der Waals surface area contributed by atoms with Gasteiger partial charge in [-0.25, -0.2) is 4.98 Å². The monoisotopic (exact) mass is 313 g/mol. The molecule has 98 valence electrons. The molecule has 0 bridgehead atoms. The van der Waals surface area contributed by atoms with Gasteiger partial charge in [-0.1, -0.05) is 15.9 Å². The van der Waals surface area contributed by atoms with Gasteiger partial charge in [0.1, 0.15) is 5.82 Å². The number of halogens is 1. The number of carbonyl (C=O) groups excluding carboxylic acids is 1. The fraction of sp³-hybridized carbons (Fsp3) is 0.500. The SMILES string of the molecule is O=C(CCN1CCOCC1)Nc1cc(Br)ccn1. The summed E-state index contributed by atoms with van der Waals surface area (Å²) >= 11 is 3.34. The molecule has 0 aliphatic carbocycles. The van der Waals surface area contributed by atoms with E-state index in [1.807, 2.05) is 6.07 Å². The van der Waals surface area contributed by atoms with Crippen molar-refractivity contribution in [3.63, 3.8) is 0 Å². The molecule has 5 nitrogen and oxygen atoms in total. The Morgan fingerprint density at radius 1 is 1.50 bits per heavy atom. The van der Waals surface area contributed by atoms with E-state index in [9.17, 15) is 4.79 Å². The third-order valence-electron chi connectivity index (χ3n) is 2.75. The third kappa shape index (κ3) is 4.36. The number of ether oxygens (including phenoxy) is 1. The number of pyridine rings is 1. The van der Waals surface area contributed by atoms with Gasteiger partial charge in [0, 0.05) is 36.7 Å². The Hall–Kier alpha value is -0.980. The van der Waals surface area contributed by atoms with Gasteiger partial charge in [-0.05, 0) is 12.1 Å². The second-order valence-electron chi connectivity index (χ2n) is 4.11. The zero-order valence-corrected chi connectivity index (χ0v) is 11.6. The van der Waals surface area contributed by atoms with Gasteiger partial charge in [0.15, 0.2) is 0 Å². The lowest BCUT2D eigenvalue weighted by Gasteiger charge is -2.26. The summed E-state index contributed by atoms with van der Waals surface area (Å²) in [5.41, 5.74) is 0. The average Bonchev–Trinajstić information content (AvgIpc) is 2.38. The van der Waals surface area contributed by atoms with Crippen LogP contribution in [0.4, 0.5) is 5.82 Å². The van der Waals surface area contributed by atoms with Gasteiger partial charge in [-0.15, -0.1) is 0 Å². The molecule has 1 aliphatic heterocycles. The van der Waals surface area contributed by atoms with Crippen LogP contribution in [-0.2, 0) is 9.53 Å². The van der Waals surface area contributed by atoms with Gasteiger partial charge in [0.05, 0.1) is 13.2 Å². The van der Waals surface area contributed by atoms with Gasteiger partial charge < -0.3 is 10.1 Å². The Kier molecular flexibility index (Phi) is 5.10. The number of hydrogen-bond donors (Lipinski definition) is 1. The Bertz CT molecular complexity index is 408. The fourth-order valence-electron chi connectivity index (χ4n) is 1.76. The molecule has 18 heavy (non-hydrogen) atoms. The van der Waals surface area contributed by atoms with Crippen LogP contribution in [0.3, 0.4) is 0 Å². The number of aromatic nitrogens is 1. The van der Waals surface area contributed by atoms with Crippen molar-refractivity contribution in [1.82, 2.24) is 9.88 Å². The van der Waals surface area contributed by atoms with E-state index in [4.69, 9.17) is 4.74 Å². The maximum Gasteiger partial charge on any atom is 0.226 e. The number of nitrogens with one attached hydrogen (secondary N) is 1. The molecular weight excluding hydrogens is 298 g/mol. The third-order valence-corrected chi connectivity index (χ3v) is 3.24. The minimum Gasteiger partial charge on any atom is -0.379 e. The number of rotatable bonds is 4. The van der Waals surface area contributed by atoms with Crippen molar-refractivity contribution in [3.8, 4) is 0 Å². The van der Waals surface area contributed by atoms with Crippen LogP contribution in [0.1, 0.15) is 6.42 Å². The first-order valence-corrected chi connectivity index (χ1v) is 6.75. The molecule has 0 unspecified atom stereocenters.